The molecule has 3 fully saturated rings. The summed E-state index contributed by atoms with van der Waals surface area (Å²) in [6, 6.07) is 11.6. The highest BCUT2D eigenvalue weighted by Gasteiger charge is 2.35. The van der Waals surface area contributed by atoms with Crippen molar-refractivity contribution in [2.75, 3.05) is 20.1 Å². The fourth-order valence-corrected chi connectivity index (χ4v) is 4.99. The van der Waals surface area contributed by atoms with Gasteiger partial charge in [-0.3, -0.25) is 4.79 Å². The highest BCUT2D eigenvalue weighted by molar-refractivity contribution is 5.80. The molecule has 0 spiro atoms. The first-order valence-electron chi connectivity index (χ1n) is 10.7. The number of rotatable bonds is 4. The second kappa shape index (κ2) is 8.52. The van der Waals surface area contributed by atoms with Gasteiger partial charge in [0.25, 0.3) is 0 Å². The summed E-state index contributed by atoms with van der Waals surface area (Å²) in [5.74, 6) is 0.229. The number of hydrogen-bond donors (Lipinski definition) is 2. The van der Waals surface area contributed by atoms with E-state index in [2.05, 4.69) is 10.6 Å². The Morgan fingerprint density at radius 3 is 2.36 bits per heavy atom. The third-order valence-electron chi connectivity index (χ3n) is 6.54. The van der Waals surface area contributed by atoms with Gasteiger partial charge >= 0.3 is 6.03 Å². The van der Waals surface area contributed by atoms with Crippen LogP contribution in [0.4, 0.5) is 4.79 Å². The van der Waals surface area contributed by atoms with Crippen molar-refractivity contribution in [3.05, 3.63) is 35.9 Å². The molecule has 2 unspecified atom stereocenters. The summed E-state index contributed by atoms with van der Waals surface area (Å²) < 4.78 is 0. The van der Waals surface area contributed by atoms with Gasteiger partial charge in [0.2, 0.25) is 5.91 Å². The van der Waals surface area contributed by atoms with Crippen LogP contribution < -0.4 is 10.6 Å². The molecule has 1 aromatic rings. The Labute approximate surface area is 167 Å². The zero-order valence-corrected chi connectivity index (χ0v) is 16.8. The van der Waals surface area contributed by atoms with Crippen LogP contribution in [0.15, 0.2) is 30.3 Å². The number of carbonyl (C=O) groups excluding carboxylic acids is 2. The zero-order valence-electron chi connectivity index (χ0n) is 16.8. The molecule has 3 aliphatic rings. The van der Waals surface area contributed by atoms with Crippen molar-refractivity contribution < 1.29 is 9.59 Å². The maximum absolute atomic E-state index is 12.7. The summed E-state index contributed by atoms with van der Waals surface area (Å²) in [7, 11) is 1.85. The number of nitrogens with one attached hydrogen (secondary N) is 2. The molecule has 2 bridgehead atoms. The lowest BCUT2D eigenvalue weighted by atomic mass is 9.94. The topological polar surface area (TPSA) is 64.7 Å². The van der Waals surface area contributed by atoms with Crippen LogP contribution in [0.3, 0.4) is 0 Å². The molecule has 28 heavy (non-hydrogen) atoms. The van der Waals surface area contributed by atoms with Gasteiger partial charge < -0.3 is 20.4 Å². The predicted octanol–water partition coefficient (Wildman–Crippen LogP) is 2.35. The summed E-state index contributed by atoms with van der Waals surface area (Å²) in [6.07, 6.45) is 6.12. The summed E-state index contributed by atoms with van der Waals surface area (Å²) in [5, 5.41) is 6.92. The first-order valence-corrected chi connectivity index (χ1v) is 10.7. The van der Waals surface area contributed by atoms with Gasteiger partial charge in [0.05, 0.1) is 0 Å². The molecular formula is C22H32N4O2. The van der Waals surface area contributed by atoms with Crippen molar-refractivity contribution >= 4 is 11.9 Å². The summed E-state index contributed by atoms with van der Waals surface area (Å²) >= 11 is 0. The van der Waals surface area contributed by atoms with E-state index in [1.165, 1.54) is 12.8 Å². The third kappa shape index (κ3) is 4.49. The van der Waals surface area contributed by atoms with Crippen LogP contribution in [-0.4, -0.2) is 60.0 Å². The van der Waals surface area contributed by atoms with Crippen LogP contribution in [0.1, 0.15) is 44.1 Å². The predicted molar refractivity (Wildman–Crippen MR) is 109 cm³/mol. The second-order valence-electron chi connectivity index (χ2n) is 8.70. The molecule has 0 aliphatic carbocycles. The van der Waals surface area contributed by atoms with Crippen molar-refractivity contribution in [2.24, 2.45) is 5.92 Å². The first-order chi connectivity index (χ1) is 13.6. The number of hydrogen-bond acceptors (Lipinski definition) is 3. The number of amides is 3. The molecule has 3 aliphatic heterocycles. The number of likely N-dealkylation sites (tertiary alicyclic amines) is 1. The number of fused-ring (bicyclic) bond motifs is 2. The second-order valence-corrected chi connectivity index (χ2v) is 8.70. The Balaban J connectivity index is 1.22. The van der Waals surface area contributed by atoms with E-state index in [0.29, 0.717) is 37.8 Å². The number of piperidine rings is 2. The van der Waals surface area contributed by atoms with E-state index in [1.54, 1.807) is 4.90 Å². The van der Waals surface area contributed by atoms with Crippen molar-refractivity contribution in [2.45, 2.75) is 63.2 Å². The molecule has 3 amide bonds. The fourth-order valence-electron chi connectivity index (χ4n) is 4.99. The molecule has 152 valence electrons. The molecule has 6 heteroatoms. The fraction of sp³-hybridized carbons (Fsp3) is 0.636. The number of urea groups is 1. The average molecular weight is 385 g/mol. The highest BCUT2D eigenvalue weighted by Crippen LogP contribution is 2.27. The molecule has 1 aromatic carbocycles. The van der Waals surface area contributed by atoms with Crippen molar-refractivity contribution in [3.8, 4) is 0 Å². The number of nitrogens with zero attached hydrogens (tertiary/aromatic N) is 2. The third-order valence-corrected chi connectivity index (χ3v) is 6.54. The molecular weight excluding hydrogens is 352 g/mol. The molecule has 6 nitrogen and oxygen atoms in total. The van der Waals surface area contributed by atoms with Crippen molar-refractivity contribution in [1.82, 2.24) is 20.4 Å². The standard InChI is InChI=1S/C22H32N4O2/c1-25(15-16-5-3-2-4-6-16)22(28)26-11-9-17(10-12-26)21(27)24-20-13-18-7-8-19(14-20)23-18/h2-6,17-20,23H,7-15H2,1H3,(H,24,27). The van der Waals surface area contributed by atoms with Gasteiger partial charge in [0, 0.05) is 50.7 Å². The van der Waals surface area contributed by atoms with E-state index >= 15 is 0 Å². The molecule has 0 aromatic heterocycles. The summed E-state index contributed by atoms with van der Waals surface area (Å²) in [4.78, 5) is 29.1. The minimum atomic E-state index is 0.0380. The molecule has 4 rings (SSSR count). The Morgan fingerprint density at radius 2 is 1.71 bits per heavy atom. The van der Waals surface area contributed by atoms with Crippen molar-refractivity contribution in [3.63, 3.8) is 0 Å². The minimum absolute atomic E-state index is 0.0380. The van der Waals surface area contributed by atoms with E-state index in [1.807, 2.05) is 42.3 Å². The van der Waals surface area contributed by atoms with Crippen LogP contribution in [0.25, 0.3) is 0 Å². The normalized spacial score (nSPS) is 27.5. The van der Waals surface area contributed by atoms with Gasteiger partial charge in [-0.2, -0.15) is 0 Å². The van der Waals surface area contributed by atoms with E-state index < -0.39 is 0 Å². The van der Waals surface area contributed by atoms with Gasteiger partial charge in [0.15, 0.2) is 0 Å². The van der Waals surface area contributed by atoms with Crippen molar-refractivity contribution in [1.29, 1.82) is 0 Å². The largest absolute Gasteiger partial charge is 0.353 e. The zero-order chi connectivity index (χ0) is 19.5. The van der Waals surface area contributed by atoms with E-state index in [9.17, 15) is 9.59 Å². The molecule has 3 heterocycles. The van der Waals surface area contributed by atoms with Gasteiger partial charge in [-0.1, -0.05) is 30.3 Å². The van der Waals surface area contributed by atoms with Crippen LogP contribution in [0, 0.1) is 5.92 Å². The van der Waals surface area contributed by atoms with Gasteiger partial charge in [-0.05, 0) is 44.1 Å². The Kier molecular flexibility index (Phi) is 5.85. The monoisotopic (exact) mass is 384 g/mol. The number of benzene rings is 1. The van der Waals surface area contributed by atoms with Crippen LogP contribution >= 0.6 is 0 Å². The maximum atomic E-state index is 12.7. The molecule has 2 atom stereocenters. The van der Waals surface area contributed by atoms with Gasteiger partial charge in [0.1, 0.15) is 0 Å². The lowest BCUT2D eigenvalue weighted by Crippen LogP contribution is -2.51. The lowest BCUT2D eigenvalue weighted by Gasteiger charge is -2.35. The molecule has 3 saturated heterocycles. The van der Waals surface area contributed by atoms with Crippen LogP contribution in [0.5, 0.6) is 0 Å². The quantitative estimate of drug-likeness (QED) is 0.838. The number of carbonyl (C=O) groups is 2. The van der Waals surface area contributed by atoms with Crippen LogP contribution in [-0.2, 0) is 11.3 Å². The average Bonchev–Trinajstić information content (AvgIpc) is 3.06. The highest BCUT2D eigenvalue weighted by atomic mass is 16.2. The van der Waals surface area contributed by atoms with E-state index in [-0.39, 0.29) is 17.9 Å². The Morgan fingerprint density at radius 1 is 1.07 bits per heavy atom. The van der Waals surface area contributed by atoms with E-state index in [0.717, 1.165) is 31.2 Å². The minimum Gasteiger partial charge on any atom is -0.353 e. The summed E-state index contributed by atoms with van der Waals surface area (Å²) in [5.41, 5.74) is 1.13. The maximum Gasteiger partial charge on any atom is 0.320 e. The SMILES string of the molecule is CN(Cc1ccccc1)C(=O)N1CCC(C(=O)NC2CC3CCC(C2)N3)CC1. The Hall–Kier alpha value is -2.08. The smallest absolute Gasteiger partial charge is 0.320 e. The molecule has 2 N–H and O–H groups in total. The first kappa shape index (κ1) is 19.2. The molecule has 0 saturated carbocycles. The van der Waals surface area contributed by atoms with Crippen LogP contribution in [0.2, 0.25) is 0 Å². The Bertz CT molecular complexity index is 675. The van der Waals surface area contributed by atoms with Gasteiger partial charge in [-0.25, -0.2) is 4.79 Å². The van der Waals surface area contributed by atoms with Gasteiger partial charge in [-0.15, -0.1) is 0 Å². The molecule has 0 radical (unpaired) electrons. The lowest BCUT2D eigenvalue weighted by molar-refractivity contribution is -0.127. The summed E-state index contributed by atoms with van der Waals surface area (Å²) in [6.45, 7) is 1.93. The van der Waals surface area contributed by atoms with E-state index in [4.69, 9.17) is 0 Å².